The summed E-state index contributed by atoms with van der Waals surface area (Å²) in [5, 5.41) is 12.3. The van der Waals surface area contributed by atoms with Crippen LogP contribution in [0.5, 0.6) is 0 Å². The summed E-state index contributed by atoms with van der Waals surface area (Å²) in [6.45, 7) is 19.3. The Bertz CT molecular complexity index is 1490. The molecule has 0 radical (unpaired) electrons. The summed E-state index contributed by atoms with van der Waals surface area (Å²) in [6.07, 6.45) is 12.5. The molecule has 0 heterocycles. The Hall–Kier alpha value is -2.89. The van der Waals surface area contributed by atoms with E-state index in [-0.39, 0.29) is 52.4 Å². The molecule has 0 aliphatic heterocycles. The average Bonchev–Trinajstić information content (AvgIpc) is 3.42. The third-order valence-electron chi connectivity index (χ3n) is 15.4. The lowest BCUT2D eigenvalue weighted by Crippen LogP contribution is -2.65. The van der Waals surface area contributed by atoms with E-state index in [1.165, 1.54) is 43.9 Å². The van der Waals surface area contributed by atoms with Crippen LogP contribution in [-0.4, -0.2) is 36.6 Å². The number of allylic oxidation sites excluding steroid dienone is 2. The van der Waals surface area contributed by atoms with Gasteiger partial charge in [-0.15, -0.1) is 0 Å². The van der Waals surface area contributed by atoms with E-state index in [0.29, 0.717) is 29.2 Å². The van der Waals surface area contributed by atoms with Gasteiger partial charge in [0.25, 0.3) is 0 Å². The monoisotopic (exact) mass is 643 g/mol. The van der Waals surface area contributed by atoms with Crippen LogP contribution in [-0.2, 0) is 14.3 Å². The highest BCUT2D eigenvalue weighted by atomic mass is 16.5. The summed E-state index contributed by atoms with van der Waals surface area (Å²) >= 11 is 0. The number of benzene rings is 1. The first-order valence-electron chi connectivity index (χ1n) is 18.1. The molecule has 0 bridgehead atoms. The predicted octanol–water partition coefficient (Wildman–Crippen LogP) is 8.72. The number of carbonyl (C=O) groups excluding carboxylic acids is 2. The van der Waals surface area contributed by atoms with Gasteiger partial charge in [0, 0.05) is 6.54 Å². The minimum absolute atomic E-state index is 0.00880. The molecule has 4 fully saturated rings. The molecule has 6 rings (SSSR count). The Labute approximate surface area is 282 Å². The summed E-state index contributed by atoms with van der Waals surface area (Å²) in [5.41, 5.74) is 3.96. The highest BCUT2D eigenvalue weighted by molar-refractivity contribution is 5.90. The molecule has 1 aromatic carbocycles. The number of carbonyl (C=O) groups is 3. The highest BCUT2D eigenvalue weighted by Crippen LogP contribution is 2.77. The van der Waals surface area contributed by atoms with E-state index in [2.05, 4.69) is 64.7 Å². The molecule has 0 spiro atoms. The number of rotatable bonds is 7. The topological polar surface area (TPSA) is 92.7 Å². The minimum atomic E-state index is -0.885. The van der Waals surface area contributed by atoms with Gasteiger partial charge < -0.3 is 15.2 Å². The number of hydrogen-bond acceptors (Lipinski definition) is 4. The lowest BCUT2D eigenvalue weighted by molar-refractivity contribution is -0.219. The first-order valence-corrected chi connectivity index (χ1v) is 18.1. The van der Waals surface area contributed by atoms with E-state index in [0.717, 1.165) is 37.7 Å². The molecule has 0 aromatic heterocycles. The highest BCUT2D eigenvalue weighted by Gasteiger charge is 2.70. The maximum absolute atomic E-state index is 14.1. The summed E-state index contributed by atoms with van der Waals surface area (Å²) < 4.78 is 4.94. The van der Waals surface area contributed by atoms with Gasteiger partial charge in [0.1, 0.15) is 0 Å². The number of fused-ring (bicyclic) bond motifs is 7. The minimum Gasteiger partial charge on any atom is -0.481 e. The van der Waals surface area contributed by atoms with Crippen molar-refractivity contribution in [2.45, 2.75) is 106 Å². The standard InChI is InChI=1S/C41H57NO5/c1-25(2)41(36(46)42-24-19-33(43)44)23-16-27-15-21-39(6)30(34(27)41)13-14-32-38(5)20-17-29(26-9-11-28(12-10-26)35(45)47-8)37(3,4)31(38)18-22-40(32,39)7/h9-12,17,27,30-32,34H,1,13-16,18-24H2,2-8H3,(H,42,46)(H,43,44)/t27-,30+,31-,32+,34+,38-,39+,40+,41-/m0/s1. The van der Waals surface area contributed by atoms with Gasteiger partial charge in [0.2, 0.25) is 5.91 Å². The molecule has 0 unspecified atom stereocenters. The second-order valence-electron chi connectivity index (χ2n) is 17.3. The van der Waals surface area contributed by atoms with E-state index in [4.69, 9.17) is 4.74 Å². The molecule has 1 amide bonds. The zero-order chi connectivity index (χ0) is 34.2. The number of amides is 1. The van der Waals surface area contributed by atoms with Crippen LogP contribution in [0, 0.1) is 56.7 Å². The molecule has 9 atom stereocenters. The van der Waals surface area contributed by atoms with Gasteiger partial charge in [0.05, 0.1) is 24.5 Å². The third-order valence-corrected chi connectivity index (χ3v) is 15.4. The van der Waals surface area contributed by atoms with E-state index in [1.807, 2.05) is 19.1 Å². The molecule has 1 aromatic rings. The van der Waals surface area contributed by atoms with Crippen LogP contribution >= 0.6 is 0 Å². The van der Waals surface area contributed by atoms with Crippen molar-refractivity contribution in [2.75, 3.05) is 13.7 Å². The van der Waals surface area contributed by atoms with Crippen molar-refractivity contribution in [1.29, 1.82) is 0 Å². The summed E-state index contributed by atoms with van der Waals surface area (Å²) in [5.74, 6) is 1.19. The molecule has 2 N–H and O–H groups in total. The first kappa shape index (κ1) is 34.0. The van der Waals surface area contributed by atoms with Gasteiger partial charge in [-0.3, -0.25) is 9.59 Å². The zero-order valence-corrected chi connectivity index (χ0v) is 29.8. The van der Waals surface area contributed by atoms with Crippen LogP contribution in [0.25, 0.3) is 5.57 Å². The number of methoxy groups -OCH3 is 1. The van der Waals surface area contributed by atoms with Crippen molar-refractivity contribution in [1.82, 2.24) is 5.32 Å². The van der Waals surface area contributed by atoms with E-state index in [9.17, 15) is 19.5 Å². The number of ether oxygens (including phenoxy) is 1. The maximum atomic E-state index is 14.1. The van der Waals surface area contributed by atoms with Crippen LogP contribution in [0.15, 0.2) is 42.5 Å². The lowest BCUT2D eigenvalue weighted by atomic mass is 9.33. The molecule has 0 saturated heterocycles. The Morgan fingerprint density at radius 3 is 2.21 bits per heavy atom. The largest absolute Gasteiger partial charge is 0.481 e. The second-order valence-corrected chi connectivity index (χ2v) is 17.3. The van der Waals surface area contributed by atoms with E-state index < -0.39 is 11.4 Å². The Morgan fingerprint density at radius 1 is 0.915 bits per heavy atom. The lowest BCUT2D eigenvalue weighted by Gasteiger charge is -2.72. The zero-order valence-electron chi connectivity index (χ0n) is 29.8. The van der Waals surface area contributed by atoms with Gasteiger partial charge >= 0.3 is 11.9 Å². The van der Waals surface area contributed by atoms with Gasteiger partial charge in [-0.2, -0.15) is 0 Å². The number of carboxylic acids is 1. The van der Waals surface area contributed by atoms with Crippen LogP contribution in [0.2, 0.25) is 0 Å². The van der Waals surface area contributed by atoms with Crippen LogP contribution in [0.4, 0.5) is 0 Å². The molecule has 5 aliphatic carbocycles. The normalized spacial score (nSPS) is 40.1. The maximum Gasteiger partial charge on any atom is 0.337 e. The fourth-order valence-corrected chi connectivity index (χ4v) is 13.1. The van der Waals surface area contributed by atoms with Crippen molar-refractivity contribution in [3.63, 3.8) is 0 Å². The Balaban J connectivity index is 1.32. The quantitative estimate of drug-likeness (QED) is 0.229. The van der Waals surface area contributed by atoms with Crippen LogP contribution in [0.3, 0.4) is 0 Å². The summed E-state index contributed by atoms with van der Waals surface area (Å²) in [6, 6.07) is 7.96. The smallest absolute Gasteiger partial charge is 0.337 e. The molecule has 5 aliphatic rings. The number of carboxylic acid groups (broad SMARTS) is 1. The number of esters is 1. The van der Waals surface area contributed by atoms with Crippen molar-refractivity contribution < 1.29 is 24.2 Å². The van der Waals surface area contributed by atoms with E-state index in [1.54, 1.807) is 0 Å². The summed E-state index contributed by atoms with van der Waals surface area (Å²) in [7, 11) is 1.42. The summed E-state index contributed by atoms with van der Waals surface area (Å²) in [4.78, 5) is 37.5. The number of nitrogens with one attached hydrogen (secondary N) is 1. The molecule has 4 saturated carbocycles. The van der Waals surface area contributed by atoms with Gasteiger partial charge in [-0.1, -0.05) is 65.0 Å². The van der Waals surface area contributed by atoms with Crippen molar-refractivity contribution in [2.24, 2.45) is 56.7 Å². The molecule has 256 valence electrons. The Kier molecular flexibility index (Phi) is 8.40. The van der Waals surface area contributed by atoms with Gasteiger partial charge in [-0.05, 0) is 139 Å². The molecule has 6 nitrogen and oxygen atoms in total. The van der Waals surface area contributed by atoms with Gasteiger partial charge in [-0.25, -0.2) is 4.79 Å². The predicted molar refractivity (Wildman–Crippen MR) is 185 cm³/mol. The van der Waals surface area contributed by atoms with Gasteiger partial charge in [0.15, 0.2) is 0 Å². The fourth-order valence-electron chi connectivity index (χ4n) is 13.1. The molecular formula is C41H57NO5. The SMILES string of the molecule is C=C(C)[C@@]1(C(=O)NCCC(=O)O)CC[C@@H]2CC[C@]3(C)[C@H](CC[C@@H]4[C@@]5(C)CC=C(c6ccc(C(=O)OC)cc6)C(C)(C)[C@@H]5CC[C@]43C)[C@@H]21. The molecule has 47 heavy (non-hydrogen) atoms. The van der Waals surface area contributed by atoms with Crippen molar-refractivity contribution in [3.05, 3.63) is 53.6 Å². The second kappa shape index (κ2) is 11.6. The average molecular weight is 644 g/mol. The first-order chi connectivity index (χ1) is 22.1. The van der Waals surface area contributed by atoms with Crippen LogP contribution in [0.1, 0.15) is 122 Å². The molecular weight excluding hydrogens is 586 g/mol. The third kappa shape index (κ3) is 4.81. The molecule has 6 heteroatoms. The fraction of sp³-hybridized carbons (Fsp3) is 0.683. The van der Waals surface area contributed by atoms with Crippen molar-refractivity contribution in [3.8, 4) is 0 Å². The Morgan fingerprint density at radius 2 is 1.57 bits per heavy atom. The van der Waals surface area contributed by atoms with Crippen LogP contribution < -0.4 is 5.32 Å². The van der Waals surface area contributed by atoms with Crippen molar-refractivity contribution >= 4 is 23.4 Å². The van der Waals surface area contributed by atoms with E-state index >= 15 is 0 Å². The number of aliphatic carboxylic acids is 1. The number of hydrogen-bond donors (Lipinski definition) is 2.